The van der Waals surface area contributed by atoms with Crippen molar-refractivity contribution in [3.8, 4) is 0 Å². The molecule has 11 nitrogen and oxygen atoms in total. The number of primary amides is 1. The highest BCUT2D eigenvalue weighted by atomic mass is 32.1. The molecule has 0 heterocycles. The van der Waals surface area contributed by atoms with Gasteiger partial charge in [0, 0.05) is 37.4 Å². The second kappa shape index (κ2) is 20.2. The van der Waals surface area contributed by atoms with Gasteiger partial charge in [0.25, 0.3) is 5.91 Å². The van der Waals surface area contributed by atoms with E-state index in [-0.39, 0.29) is 58.8 Å². The molecule has 3 rings (SSSR count). The Hall–Kier alpha value is -2.18. The summed E-state index contributed by atoms with van der Waals surface area (Å²) in [5, 5.41) is 11.4. The van der Waals surface area contributed by atoms with Crippen molar-refractivity contribution in [1.29, 1.82) is 0 Å². The van der Waals surface area contributed by atoms with Gasteiger partial charge in [0.15, 0.2) is 5.78 Å². The molecule has 3 aliphatic rings. The number of nitrogens with zero attached hydrogens (tertiary/aromatic N) is 1. The Morgan fingerprint density at radius 1 is 0.880 bits per heavy atom. The van der Waals surface area contributed by atoms with E-state index in [1.807, 2.05) is 11.4 Å². The fourth-order valence-corrected chi connectivity index (χ4v) is 8.59. The van der Waals surface area contributed by atoms with Gasteiger partial charge in [-0.3, -0.25) is 23.5 Å². The molecular weight excluding hydrogens is 653 g/mol. The molecule has 0 bridgehead atoms. The molecule has 286 valence electrons. The molecule has 3 fully saturated rings. The van der Waals surface area contributed by atoms with E-state index in [1.165, 1.54) is 0 Å². The predicted molar refractivity (Wildman–Crippen MR) is 200 cm³/mol. The number of ketones is 2. The van der Waals surface area contributed by atoms with E-state index in [0.717, 1.165) is 70.9 Å². The van der Waals surface area contributed by atoms with E-state index < -0.39 is 23.8 Å². The van der Waals surface area contributed by atoms with E-state index in [2.05, 4.69) is 55.9 Å². The molecule has 12 heteroatoms. The van der Waals surface area contributed by atoms with Crippen LogP contribution in [0.3, 0.4) is 0 Å². The number of nitrogens with one attached hydrogen (secondary N) is 3. The Balaban J connectivity index is 1.74. The lowest BCUT2D eigenvalue weighted by molar-refractivity contribution is -0.627. The van der Waals surface area contributed by atoms with Crippen molar-refractivity contribution in [2.45, 2.75) is 143 Å². The zero-order valence-electron chi connectivity index (χ0n) is 31.8. The lowest BCUT2D eigenvalue weighted by Crippen LogP contribution is -2.79. The van der Waals surface area contributed by atoms with Crippen LogP contribution in [0.4, 0.5) is 4.79 Å². The third-order valence-corrected chi connectivity index (χ3v) is 12.2. The third-order valence-electron chi connectivity index (χ3n) is 11.8. The molecule has 2 unspecified atom stereocenters. The van der Waals surface area contributed by atoms with Gasteiger partial charge in [-0.25, -0.2) is 4.79 Å². The molecule has 0 aromatic carbocycles. The number of hydrogen-bond acceptors (Lipinski definition) is 7. The molecule has 6 atom stereocenters. The zero-order valence-corrected chi connectivity index (χ0v) is 32.7. The van der Waals surface area contributed by atoms with Gasteiger partial charge >= 0.3 is 6.03 Å². The van der Waals surface area contributed by atoms with E-state index in [9.17, 15) is 24.0 Å². The maximum atomic E-state index is 14.5. The Morgan fingerprint density at radius 3 is 2.10 bits per heavy atom. The quantitative estimate of drug-likeness (QED) is 0.0546. The van der Waals surface area contributed by atoms with Gasteiger partial charge in [0.2, 0.25) is 11.7 Å². The Bertz CT molecular complexity index is 1140. The van der Waals surface area contributed by atoms with Crippen LogP contribution in [0.2, 0.25) is 0 Å². The largest absolute Gasteiger partial charge is 0.363 e. The van der Waals surface area contributed by atoms with Gasteiger partial charge in [0.05, 0.1) is 25.7 Å². The molecule has 7 N–H and O–H groups in total. The first-order chi connectivity index (χ1) is 23.6. The second-order valence-electron chi connectivity index (χ2n) is 17.0. The van der Waals surface area contributed by atoms with Gasteiger partial charge in [-0.15, -0.1) is 0 Å². The number of quaternary nitrogens is 1. The number of nitrogens with two attached hydrogens (primary N) is 2. The molecule has 50 heavy (non-hydrogen) atoms. The van der Waals surface area contributed by atoms with Gasteiger partial charge < -0.3 is 27.0 Å². The second-order valence-corrected chi connectivity index (χ2v) is 17.5. The van der Waals surface area contributed by atoms with Crippen LogP contribution >= 0.6 is 12.8 Å². The number of rotatable bonds is 18. The molecular formula is C38H69N6O5S+. The summed E-state index contributed by atoms with van der Waals surface area (Å²) in [4.78, 5) is 66.6. The fourth-order valence-electron chi connectivity index (χ4n) is 8.29. The molecule has 3 saturated carbocycles. The standard InChI is InChI=1S/C38H68N6O5S/c1-24(2)28-18-16-27(17-19-29(28)36(48)41-30(34(46)35(39)47)22-25-12-10-13-25)33(45)32(26-14-8-7-9-15-26)43-37(49)42-31(38(3,4)5)23-44(50)21-11-20-40-6/h24-32,40,50H,7-23H2,1-6H3,(H2,39,47)(H,41,48)(H2,42,43,49)/p+1/t27?,28-,29+,30?,31-,32+/m1/s1. The first-order valence-corrected chi connectivity index (χ1v) is 20.0. The van der Waals surface area contributed by atoms with Gasteiger partial charge in [-0.1, -0.05) is 86.0 Å². The highest BCUT2D eigenvalue weighted by Crippen LogP contribution is 2.39. The summed E-state index contributed by atoms with van der Waals surface area (Å²) in [6, 6.07) is -1.99. The number of carbonyl (C=O) groups excluding carboxylic acids is 5. The number of urea groups is 1. The van der Waals surface area contributed by atoms with Gasteiger partial charge in [-0.2, -0.15) is 0 Å². The number of hydrogen-bond donors (Lipinski definition) is 6. The van der Waals surface area contributed by atoms with Crippen LogP contribution in [-0.2, 0) is 19.2 Å². The molecule has 0 saturated heterocycles. The van der Waals surface area contributed by atoms with Crippen LogP contribution in [-0.4, -0.2) is 78.5 Å². The molecule has 0 spiro atoms. The van der Waals surface area contributed by atoms with Gasteiger partial charge in [-0.05, 0) is 74.0 Å². The van der Waals surface area contributed by atoms with Crippen molar-refractivity contribution < 1.29 is 29.3 Å². The minimum absolute atomic E-state index is 0.0251. The minimum Gasteiger partial charge on any atom is -0.363 e. The summed E-state index contributed by atoms with van der Waals surface area (Å²) in [5.41, 5.74) is 5.15. The normalized spacial score (nSPS) is 24.1. The SMILES string of the molecule is C[NH2+]CCCN(S)C[C@@H](NC(=O)N[C@H](C(=O)C1CC[C@H](C(=O)NC(CC2CCC2)C(=O)C(N)=O)[C@@H](C(C)C)CC1)C1CCCCC1)C(C)(C)C. The zero-order chi connectivity index (χ0) is 37.0. The average molecular weight is 722 g/mol. The first-order valence-electron chi connectivity index (χ1n) is 19.6. The summed E-state index contributed by atoms with van der Waals surface area (Å²) < 4.78 is 1.96. The molecule has 0 aliphatic heterocycles. The smallest absolute Gasteiger partial charge is 0.315 e. The van der Waals surface area contributed by atoms with E-state index in [0.29, 0.717) is 44.6 Å². The molecule has 0 aromatic heterocycles. The highest BCUT2D eigenvalue weighted by molar-refractivity contribution is 7.77. The Morgan fingerprint density at radius 2 is 1.54 bits per heavy atom. The van der Waals surface area contributed by atoms with Crippen LogP contribution in [0, 0.1) is 40.9 Å². The van der Waals surface area contributed by atoms with E-state index in [1.54, 1.807) is 0 Å². The summed E-state index contributed by atoms with van der Waals surface area (Å²) in [6.07, 6.45) is 11.9. The van der Waals surface area contributed by atoms with Crippen molar-refractivity contribution >= 4 is 42.2 Å². The lowest BCUT2D eigenvalue weighted by Gasteiger charge is -2.36. The lowest BCUT2D eigenvalue weighted by atomic mass is 9.78. The monoisotopic (exact) mass is 722 g/mol. The molecule has 0 aromatic rings. The number of Topliss-reactive ketones (excluding diaryl/α,β-unsaturated/α-hetero) is 2. The maximum absolute atomic E-state index is 14.5. The van der Waals surface area contributed by atoms with Crippen LogP contribution in [0.15, 0.2) is 0 Å². The first kappa shape index (κ1) is 42.2. The topological polar surface area (TPSA) is 167 Å². The number of thiol groups is 1. The summed E-state index contributed by atoms with van der Waals surface area (Å²) >= 11 is 4.69. The van der Waals surface area contributed by atoms with Crippen molar-refractivity contribution in [3.05, 3.63) is 0 Å². The summed E-state index contributed by atoms with van der Waals surface area (Å²) in [6.45, 7) is 12.9. The number of amides is 4. The molecule has 4 amide bonds. The Labute approximate surface area is 307 Å². The Kier molecular flexibility index (Phi) is 17.0. The minimum atomic E-state index is -1.02. The van der Waals surface area contributed by atoms with Crippen LogP contribution in [0.1, 0.15) is 125 Å². The van der Waals surface area contributed by atoms with Crippen molar-refractivity contribution in [2.75, 3.05) is 26.7 Å². The molecule has 0 radical (unpaired) electrons. The average Bonchev–Trinajstić information content (AvgIpc) is 3.27. The van der Waals surface area contributed by atoms with Crippen LogP contribution in [0.25, 0.3) is 0 Å². The van der Waals surface area contributed by atoms with Crippen LogP contribution < -0.4 is 27.0 Å². The summed E-state index contributed by atoms with van der Waals surface area (Å²) in [7, 11) is 2.05. The van der Waals surface area contributed by atoms with Gasteiger partial charge in [0.1, 0.15) is 0 Å². The number of carbonyl (C=O) groups is 5. The summed E-state index contributed by atoms with van der Waals surface area (Å²) in [5.74, 6) is -1.97. The van der Waals surface area contributed by atoms with Crippen molar-refractivity contribution in [1.82, 2.24) is 20.3 Å². The maximum Gasteiger partial charge on any atom is 0.315 e. The van der Waals surface area contributed by atoms with Crippen LogP contribution in [0.5, 0.6) is 0 Å². The predicted octanol–water partition coefficient (Wildman–Crippen LogP) is 3.76. The van der Waals surface area contributed by atoms with Crippen molar-refractivity contribution in [2.24, 2.45) is 46.7 Å². The fraction of sp³-hybridized carbons (Fsp3) is 0.868. The highest BCUT2D eigenvalue weighted by Gasteiger charge is 2.41. The molecule has 3 aliphatic carbocycles. The van der Waals surface area contributed by atoms with E-state index >= 15 is 0 Å². The van der Waals surface area contributed by atoms with E-state index in [4.69, 9.17) is 18.5 Å². The van der Waals surface area contributed by atoms with Crippen molar-refractivity contribution in [3.63, 3.8) is 0 Å². The third kappa shape index (κ3) is 12.8.